The van der Waals surface area contributed by atoms with Gasteiger partial charge in [0.05, 0.1) is 0 Å². The molecule has 0 spiro atoms. The largest absolute Gasteiger partial charge is 0.481 e. The van der Waals surface area contributed by atoms with Gasteiger partial charge in [0.1, 0.15) is 5.75 Å². The first kappa shape index (κ1) is 13.4. The van der Waals surface area contributed by atoms with Crippen LogP contribution in [-0.4, -0.2) is 12.0 Å². The molecule has 0 heterocycles. The molecule has 2 aromatic rings. The second kappa shape index (κ2) is 6.25. The summed E-state index contributed by atoms with van der Waals surface area (Å²) in [6, 6.07) is 16.2. The van der Waals surface area contributed by atoms with Crippen molar-refractivity contribution < 1.29 is 9.53 Å². The average molecular weight is 276 g/mol. The van der Waals surface area contributed by atoms with Crippen LogP contribution in [0.1, 0.15) is 6.92 Å². The Kier molecular flexibility index (Phi) is 4.42. The third-order valence-corrected chi connectivity index (χ3v) is 2.79. The van der Waals surface area contributed by atoms with E-state index in [-0.39, 0.29) is 5.91 Å². The zero-order valence-corrected chi connectivity index (χ0v) is 11.2. The highest BCUT2D eigenvalue weighted by Gasteiger charge is 2.14. The van der Waals surface area contributed by atoms with Gasteiger partial charge in [-0.1, -0.05) is 29.8 Å². The number of carbonyl (C=O) groups excluding carboxylic acids is 1. The first-order valence-electron chi connectivity index (χ1n) is 5.93. The van der Waals surface area contributed by atoms with Crippen molar-refractivity contribution in [2.75, 3.05) is 5.32 Å². The molecular formula is C15H14ClNO2. The van der Waals surface area contributed by atoms with E-state index < -0.39 is 6.10 Å². The van der Waals surface area contributed by atoms with Gasteiger partial charge in [-0.05, 0) is 43.3 Å². The highest BCUT2D eigenvalue weighted by Crippen LogP contribution is 2.15. The van der Waals surface area contributed by atoms with Crippen LogP contribution in [0.2, 0.25) is 5.02 Å². The van der Waals surface area contributed by atoms with Gasteiger partial charge >= 0.3 is 0 Å². The fourth-order valence-corrected chi connectivity index (χ4v) is 1.66. The molecule has 0 bridgehead atoms. The topological polar surface area (TPSA) is 38.3 Å². The molecule has 0 saturated heterocycles. The monoisotopic (exact) mass is 275 g/mol. The van der Waals surface area contributed by atoms with Gasteiger partial charge in [-0.2, -0.15) is 0 Å². The van der Waals surface area contributed by atoms with E-state index in [0.29, 0.717) is 16.5 Å². The Morgan fingerprint density at radius 2 is 1.74 bits per heavy atom. The number of hydrogen-bond acceptors (Lipinski definition) is 2. The van der Waals surface area contributed by atoms with Crippen molar-refractivity contribution in [2.45, 2.75) is 13.0 Å². The number of rotatable bonds is 4. The summed E-state index contributed by atoms with van der Waals surface area (Å²) in [5.74, 6) is 0.465. The minimum atomic E-state index is -0.571. The van der Waals surface area contributed by atoms with E-state index in [1.807, 2.05) is 30.3 Å². The Bertz CT molecular complexity index is 540. The lowest BCUT2D eigenvalue weighted by atomic mass is 10.3. The highest BCUT2D eigenvalue weighted by atomic mass is 35.5. The number of para-hydroxylation sites is 1. The summed E-state index contributed by atoms with van der Waals surface area (Å²) in [6.07, 6.45) is -0.571. The molecule has 3 nitrogen and oxygen atoms in total. The summed E-state index contributed by atoms with van der Waals surface area (Å²) in [6.45, 7) is 1.71. The summed E-state index contributed by atoms with van der Waals surface area (Å²) in [5, 5.41) is 3.40. The van der Waals surface area contributed by atoms with Crippen molar-refractivity contribution in [2.24, 2.45) is 0 Å². The minimum Gasteiger partial charge on any atom is -0.481 e. The van der Waals surface area contributed by atoms with Gasteiger partial charge in [0.2, 0.25) is 0 Å². The lowest BCUT2D eigenvalue weighted by Gasteiger charge is -2.14. The molecule has 19 heavy (non-hydrogen) atoms. The molecule has 0 unspecified atom stereocenters. The van der Waals surface area contributed by atoms with Gasteiger partial charge in [-0.25, -0.2) is 0 Å². The van der Waals surface area contributed by atoms with E-state index in [0.717, 1.165) is 0 Å². The van der Waals surface area contributed by atoms with E-state index in [9.17, 15) is 4.79 Å². The van der Waals surface area contributed by atoms with Crippen molar-refractivity contribution in [1.29, 1.82) is 0 Å². The lowest BCUT2D eigenvalue weighted by molar-refractivity contribution is -0.122. The number of halogens is 1. The standard InChI is InChI=1S/C15H14ClNO2/c1-11(19-14-5-3-2-4-6-14)15(18)17-13-9-7-12(16)8-10-13/h2-11H,1H3,(H,17,18)/t11-/m0/s1. The van der Waals surface area contributed by atoms with Crippen molar-refractivity contribution >= 4 is 23.2 Å². The molecule has 0 aliphatic carbocycles. The SMILES string of the molecule is C[C@H](Oc1ccccc1)C(=O)Nc1ccc(Cl)cc1. The van der Waals surface area contributed by atoms with E-state index >= 15 is 0 Å². The number of nitrogens with one attached hydrogen (secondary N) is 1. The smallest absolute Gasteiger partial charge is 0.265 e. The van der Waals surface area contributed by atoms with Gasteiger partial charge in [0.25, 0.3) is 5.91 Å². The maximum absolute atomic E-state index is 11.9. The molecule has 0 aromatic heterocycles. The second-order valence-corrected chi connectivity index (χ2v) is 4.51. The molecule has 98 valence electrons. The van der Waals surface area contributed by atoms with Crippen molar-refractivity contribution in [1.82, 2.24) is 0 Å². The normalized spacial score (nSPS) is 11.7. The number of amides is 1. The summed E-state index contributed by atoms with van der Waals surface area (Å²) < 4.78 is 5.53. The van der Waals surface area contributed by atoms with Crippen molar-refractivity contribution in [3.8, 4) is 5.75 Å². The predicted octanol–water partition coefficient (Wildman–Crippen LogP) is 3.75. The Morgan fingerprint density at radius 3 is 2.37 bits per heavy atom. The molecule has 0 saturated carbocycles. The van der Waals surface area contributed by atoms with Crippen molar-refractivity contribution in [3.05, 3.63) is 59.6 Å². The minimum absolute atomic E-state index is 0.203. The molecule has 2 rings (SSSR count). The molecular weight excluding hydrogens is 262 g/mol. The van der Waals surface area contributed by atoms with Crippen molar-refractivity contribution in [3.63, 3.8) is 0 Å². The molecule has 0 radical (unpaired) electrons. The van der Waals surface area contributed by atoms with Crippen LogP contribution >= 0.6 is 11.6 Å². The number of benzene rings is 2. The quantitative estimate of drug-likeness (QED) is 0.923. The summed E-state index contributed by atoms with van der Waals surface area (Å²) in [7, 11) is 0. The van der Waals surface area contributed by atoms with E-state index in [4.69, 9.17) is 16.3 Å². The summed E-state index contributed by atoms with van der Waals surface area (Å²) >= 11 is 5.78. The zero-order chi connectivity index (χ0) is 13.7. The molecule has 2 aromatic carbocycles. The second-order valence-electron chi connectivity index (χ2n) is 4.07. The van der Waals surface area contributed by atoms with Gasteiger partial charge < -0.3 is 10.1 Å². The number of hydrogen-bond donors (Lipinski definition) is 1. The molecule has 1 amide bonds. The summed E-state index contributed by atoms with van der Waals surface area (Å²) in [4.78, 5) is 11.9. The summed E-state index contributed by atoms with van der Waals surface area (Å²) in [5.41, 5.74) is 0.693. The predicted molar refractivity (Wildman–Crippen MR) is 76.6 cm³/mol. The van der Waals surface area contributed by atoms with Crippen LogP contribution in [0.3, 0.4) is 0 Å². The molecule has 1 atom stereocenters. The Hall–Kier alpha value is -2.00. The maximum atomic E-state index is 11.9. The van der Waals surface area contributed by atoms with Crippen LogP contribution in [0.15, 0.2) is 54.6 Å². The van der Waals surface area contributed by atoms with Crippen LogP contribution in [0, 0.1) is 0 Å². The van der Waals surface area contributed by atoms with Gasteiger partial charge in [0.15, 0.2) is 6.10 Å². The Labute approximate surface area is 117 Å². The van der Waals surface area contributed by atoms with Crippen LogP contribution in [0.25, 0.3) is 0 Å². The maximum Gasteiger partial charge on any atom is 0.265 e. The van der Waals surface area contributed by atoms with Gasteiger partial charge in [0, 0.05) is 10.7 Å². The number of carbonyl (C=O) groups is 1. The fraction of sp³-hybridized carbons (Fsp3) is 0.133. The molecule has 1 N–H and O–H groups in total. The third-order valence-electron chi connectivity index (χ3n) is 2.54. The average Bonchev–Trinajstić information content (AvgIpc) is 2.42. The first-order valence-corrected chi connectivity index (χ1v) is 6.31. The number of ether oxygens (including phenoxy) is 1. The fourth-order valence-electron chi connectivity index (χ4n) is 1.53. The third kappa shape index (κ3) is 4.00. The molecule has 0 aliphatic rings. The van der Waals surface area contributed by atoms with Gasteiger partial charge in [-0.15, -0.1) is 0 Å². The van der Waals surface area contributed by atoms with Crippen LogP contribution in [0.5, 0.6) is 5.75 Å². The van der Waals surface area contributed by atoms with Crippen LogP contribution in [0.4, 0.5) is 5.69 Å². The Balaban J connectivity index is 1.94. The Morgan fingerprint density at radius 1 is 1.11 bits per heavy atom. The van der Waals surface area contributed by atoms with E-state index in [1.165, 1.54) is 0 Å². The van der Waals surface area contributed by atoms with E-state index in [1.54, 1.807) is 31.2 Å². The van der Waals surface area contributed by atoms with Crippen LogP contribution in [-0.2, 0) is 4.79 Å². The molecule has 4 heteroatoms. The van der Waals surface area contributed by atoms with E-state index in [2.05, 4.69) is 5.32 Å². The zero-order valence-electron chi connectivity index (χ0n) is 10.5. The first-order chi connectivity index (χ1) is 9.15. The number of anilines is 1. The van der Waals surface area contributed by atoms with Crippen LogP contribution < -0.4 is 10.1 Å². The molecule has 0 aliphatic heterocycles. The molecule has 0 fully saturated rings. The highest BCUT2D eigenvalue weighted by molar-refractivity contribution is 6.30. The van der Waals surface area contributed by atoms with Gasteiger partial charge in [-0.3, -0.25) is 4.79 Å². The lowest BCUT2D eigenvalue weighted by Crippen LogP contribution is -2.30.